The number of fused-ring (bicyclic) bond motifs is 1. The maximum atomic E-state index is 12.7. The highest BCUT2D eigenvalue weighted by molar-refractivity contribution is 7.99. The van der Waals surface area contributed by atoms with Crippen molar-refractivity contribution in [1.82, 2.24) is 20.3 Å². The molecule has 0 aliphatic rings. The third kappa shape index (κ3) is 4.97. The second-order valence-corrected chi connectivity index (χ2v) is 8.32. The van der Waals surface area contributed by atoms with Crippen molar-refractivity contribution in [1.29, 1.82) is 0 Å². The second-order valence-electron chi connectivity index (χ2n) is 7.23. The fourth-order valence-corrected chi connectivity index (χ4v) is 4.13. The molecule has 2 heterocycles. The van der Waals surface area contributed by atoms with Crippen LogP contribution < -0.4 is 5.32 Å². The molecule has 0 aliphatic carbocycles. The SMILES string of the molecule is CCc1ccc(SCC(NC(=O)c2ccc3nc(-c4ccncc4)[nH]c3c2)C(=O)O)cc1. The molecule has 1 atom stereocenters. The molecule has 3 N–H and O–H groups in total. The van der Waals surface area contributed by atoms with Crippen LogP contribution in [-0.2, 0) is 11.2 Å². The molecule has 7 nitrogen and oxygen atoms in total. The molecule has 2 aromatic heterocycles. The Kier molecular flexibility index (Phi) is 6.51. The Morgan fingerprint density at radius 1 is 1.09 bits per heavy atom. The quantitative estimate of drug-likeness (QED) is 0.351. The molecule has 8 heteroatoms. The molecule has 0 aliphatic heterocycles. The van der Waals surface area contributed by atoms with Crippen molar-refractivity contribution in [3.63, 3.8) is 0 Å². The summed E-state index contributed by atoms with van der Waals surface area (Å²) in [4.78, 5) is 37.2. The lowest BCUT2D eigenvalue weighted by molar-refractivity contribution is -0.138. The Labute approximate surface area is 189 Å². The van der Waals surface area contributed by atoms with Gasteiger partial charge in [0, 0.05) is 34.2 Å². The summed E-state index contributed by atoms with van der Waals surface area (Å²) in [6.07, 6.45) is 4.32. The van der Waals surface area contributed by atoms with Gasteiger partial charge in [0.1, 0.15) is 11.9 Å². The van der Waals surface area contributed by atoms with E-state index < -0.39 is 17.9 Å². The zero-order valence-electron chi connectivity index (χ0n) is 17.4. The maximum absolute atomic E-state index is 12.7. The predicted molar refractivity (Wildman–Crippen MR) is 125 cm³/mol. The molecular weight excluding hydrogens is 424 g/mol. The van der Waals surface area contributed by atoms with Gasteiger partial charge in [-0.15, -0.1) is 11.8 Å². The molecule has 1 amide bonds. The number of carbonyl (C=O) groups is 2. The highest BCUT2D eigenvalue weighted by Gasteiger charge is 2.21. The molecule has 32 heavy (non-hydrogen) atoms. The van der Waals surface area contributed by atoms with Crippen molar-refractivity contribution >= 4 is 34.7 Å². The molecule has 0 fully saturated rings. The predicted octanol–water partition coefficient (Wildman–Crippen LogP) is 4.16. The number of thioether (sulfide) groups is 1. The van der Waals surface area contributed by atoms with Gasteiger partial charge >= 0.3 is 5.97 Å². The molecular formula is C24H22N4O3S. The molecule has 1 unspecified atom stereocenters. The van der Waals surface area contributed by atoms with Gasteiger partial charge in [-0.1, -0.05) is 19.1 Å². The molecule has 0 bridgehead atoms. The van der Waals surface area contributed by atoms with E-state index in [1.807, 2.05) is 36.4 Å². The van der Waals surface area contributed by atoms with E-state index >= 15 is 0 Å². The van der Waals surface area contributed by atoms with E-state index in [2.05, 4.69) is 27.2 Å². The summed E-state index contributed by atoms with van der Waals surface area (Å²) in [6.45, 7) is 2.08. The van der Waals surface area contributed by atoms with Crippen LogP contribution in [0.1, 0.15) is 22.8 Å². The van der Waals surface area contributed by atoms with Gasteiger partial charge in [0.2, 0.25) is 0 Å². The summed E-state index contributed by atoms with van der Waals surface area (Å²) >= 11 is 1.40. The lowest BCUT2D eigenvalue weighted by Crippen LogP contribution is -2.42. The first kappa shape index (κ1) is 21.6. The number of carboxylic acid groups (broad SMARTS) is 1. The summed E-state index contributed by atoms with van der Waals surface area (Å²) in [5, 5.41) is 12.2. The van der Waals surface area contributed by atoms with Gasteiger partial charge in [0.15, 0.2) is 0 Å². The minimum Gasteiger partial charge on any atom is -0.480 e. The zero-order chi connectivity index (χ0) is 22.5. The highest BCUT2D eigenvalue weighted by atomic mass is 32.2. The second kappa shape index (κ2) is 9.65. The Bertz CT molecular complexity index is 1240. The normalized spacial score (nSPS) is 11.9. The van der Waals surface area contributed by atoms with Crippen LogP contribution >= 0.6 is 11.8 Å². The number of carboxylic acids is 1. The van der Waals surface area contributed by atoms with E-state index in [0.717, 1.165) is 16.9 Å². The first-order chi connectivity index (χ1) is 15.5. The minimum atomic E-state index is -1.07. The van der Waals surface area contributed by atoms with Gasteiger partial charge in [0.25, 0.3) is 5.91 Å². The van der Waals surface area contributed by atoms with Crippen molar-refractivity contribution in [2.75, 3.05) is 5.75 Å². The van der Waals surface area contributed by atoms with Crippen LogP contribution in [0.4, 0.5) is 0 Å². The molecule has 2 aromatic carbocycles. The number of aryl methyl sites for hydroxylation is 1. The number of benzene rings is 2. The summed E-state index contributed by atoms with van der Waals surface area (Å²) in [6, 6.07) is 15.7. The number of nitrogens with zero attached hydrogens (tertiary/aromatic N) is 2. The average Bonchev–Trinajstić information content (AvgIpc) is 3.26. The van der Waals surface area contributed by atoms with Crippen LogP contribution in [-0.4, -0.2) is 43.7 Å². The van der Waals surface area contributed by atoms with Crippen molar-refractivity contribution < 1.29 is 14.7 Å². The highest BCUT2D eigenvalue weighted by Crippen LogP contribution is 2.22. The number of hydrogen-bond donors (Lipinski definition) is 3. The Hall–Kier alpha value is -3.65. The Morgan fingerprint density at radius 2 is 1.84 bits per heavy atom. The lowest BCUT2D eigenvalue weighted by atomic mass is 10.1. The van der Waals surface area contributed by atoms with E-state index in [4.69, 9.17) is 0 Å². The first-order valence-corrected chi connectivity index (χ1v) is 11.2. The van der Waals surface area contributed by atoms with E-state index in [1.165, 1.54) is 17.3 Å². The third-order valence-electron chi connectivity index (χ3n) is 5.05. The van der Waals surface area contributed by atoms with Crippen LogP contribution in [0.5, 0.6) is 0 Å². The fraction of sp³-hybridized carbons (Fsp3) is 0.167. The summed E-state index contributed by atoms with van der Waals surface area (Å²) < 4.78 is 0. The number of pyridine rings is 1. The number of imidazole rings is 1. The molecule has 0 saturated heterocycles. The smallest absolute Gasteiger partial charge is 0.327 e. The average molecular weight is 447 g/mol. The van der Waals surface area contributed by atoms with Gasteiger partial charge < -0.3 is 15.4 Å². The summed E-state index contributed by atoms with van der Waals surface area (Å²) in [5.74, 6) is -0.612. The van der Waals surface area contributed by atoms with E-state index in [-0.39, 0.29) is 5.75 Å². The lowest BCUT2D eigenvalue weighted by Gasteiger charge is -2.14. The number of aliphatic carboxylic acids is 1. The van der Waals surface area contributed by atoms with Gasteiger partial charge in [-0.2, -0.15) is 0 Å². The van der Waals surface area contributed by atoms with Crippen LogP contribution in [0.3, 0.4) is 0 Å². The standard InChI is InChI=1S/C24H22N4O3S/c1-2-15-3-6-18(7-4-15)32-14-21(24(30)31)28-23(29)17-5-8-19-20(13-17)27-22(26-19)16-9-11-25-12-10-16/h3-13,21H,2,14H2,1H3,(H,26,27)(H,28,29)(H,30,31). The van der Waals surface area contributed by atoms with Crippen molar-refractivity contribution in [3.05, 3.63) is 78.1 Å². The van der Waals surface area contributed by atoms with Crippen molar-refractivity contribution in [2.24, 2.45) is 0 Å². The maximum Gasteiger partial charge on any atom is 0.327 e. The molecule has 0 radical (unpaired) electrons. The summed E-state index contributed by atoms with van der Waals surface area (Å²) in [5.41, 5.74) is 3.89. The molecule has 4 rings (SSSR count). The van der Waals surface area contributed by atoms with E-state index in [9.17, 15) is 14.7 Å². The van der Waals surface area contributed by atoms with Gasteiger partial charge in [-0.05, 0) is 54.4 Å². The molecule has 4 aromatic rings. The molecule has 0 spiro atoms. The van der Waals surface area contributed by atoms with E-state index in [0.29, 0.717) is 22.4 Å². The topological polar surface area (TPSA) is 108 Å². The molecule has 0 saturated carbocycles. The first-order valence-electron chi connectivity index (χ1n) is 10.2. The number of aromatic amines is 1. The Morgan fingerprint density at radius 3 is 2.53 bits per heavy atom. The number of amides is 1. The van der Waals surface area contributed by atoms with Gasteiger partial charge in [0.05, 0.1) is 11.0 Å². The van der Waals surface area contributed by atoms with Crippen LogP contribution in [0.15, 0.2) is 71.9 Å². The number of H-pyrrole nitrogens is 1. The van der Waals surface area contributed by atoms with Gasteiger partial charge in [-0.3, -0.25) is 9.78 Å². The number of rotatable bonds is 8. The van der Waals surface area contributed by atoms with Crippen LogP contribution in [0.25, 0.3) is 22.4 Å². The largest absolute Gasteiger partial charge is 0.480 e. The molecule has 162 valence electrons. The monoisotopic (exact) mass is 446 g/mol. The summed E-state index contributed by atoms with van der Waals surface area (Å²) in [7, 11) is 0. The van der Waals surface area contributed by atoms with Crippen LogP contribution in [0, 0.1) is 0 Å². The number of hydrogen-bond acceptors (Lipinski definition) is 5. The fourth-order valence-electron chi connectivity index (χ4n) is 3.21. The van der Waals surface area contributed by atoms with Crippen molar-refractivity contribution in [3.8, 4) is 11.4 Å². The van der Waals surface area contributed by atoms with E-state index in [1.54, 1.807) is 30.6 Å². The third-order valence-corrected chi connectivity index (χ3v) is 6.16. The van der Waals surface area contributed by atoms with Crippen molar-refractivity contribution in [2.45, 2.75) is 24.3 Å². The number of nitrogens with one attached hydrogen (secondary N) is 2. The number of aromatic nitrogens is 3. The number of carbonyl (C=O) groups excluding carboxylic acids is 1. The Balaban J connectivity index is 1.46. The van der Waals surface area contributed by atoms with Crippen LogP contribution in [0.2, 0.25) is 0 Å². The minimum absolute atomic E-state index is 0.227. The zero-order valence-corrected chi connectivity index (χ0v) is 18.2. The van der Waals surface area contributed by atoms with Gasteiger partial charge in [-0.25, -0.2) is 9.78 Å².